The number of carbonyl (C=O) groups excluding carboxylic acids is 1. The van der Waals surface area contributed by atoms with Crippen molar-refractivity contribution in [1.82, 2.24) is 10.2 Å². The van der Waals surface area contributed by atoms with E-state index >= 15 is 0 Å². The van der Waals surface area contributed by atoms with Gasteiger partial charge in [-0.3, -0.25) is 4.79 Å². The van der Waals surface area contributed by atoms with Crippen LogP contribution in [-0.2, 0) is 11.2 Å². The molecule has 1 aromatic carbocycles. The van der Waals surface area contributed by atoms with E-state index < -0.39 is 0 Å². The minimum absolute atomic E-state index is 0.107. The maximum atomic E-state index is 13.5. The Morgan fingerprint density at radius 2 is 2.28 bits per heavy atom. The SMILES string of the molecule is CC(=O)N1CCNCC1CCc1ccccc1F. The Morgan fingerprint density at radius 3 is 3.00 bits per heavy atom. The Hall–Kier alpha value is -1.42. The number of halogens is 1. The second kappa shape index (κ2) is 5.96. The molecule has 1 fully saturated rings. The molecule has 3 nitrogen and oxygen atoms in total. The zero-order valence-electron chi connectivity index (χ0n) is 10.7. The third-order valence-electron chi connectivity index (χ3n) is 3.46. The Morgan fingerprint density at radius 1 is 1.50 bits per heavy atom. The third kappa shape index (κ3) is 3.07. The van der Waals surface area contributed by atoms with Crippen LogP contribution in [0.1, 0.15) is 18.9 Å². The number of aryl methyl sites for hydroxylation is 1. The molecule has 0 aromatic heterocycles. The first-order valence-electron chi connectivity index (χ1n) is 6.40. The number of piperazine rings is 1. The lowest BCUT2D eigenvalue weighted by molar-refractivity contribution is -0.132. The lowest BCUT2D eigenvalue weighted by atomic mass is 10.0. The van der Waals surface area contributed by atoms with Crippen molar-refractivity contribution in [2.75, 3.05) is 19.6 Å². The van der Waals surface area contributed by atoms with Gasteiger partial charge in [0.15, 0.2) is 0 Å². The molecular weight excluding hydrogens is 231 g/mol. The maximum absolute atomic E-state index is 13.5. The van der Waals surface area contributed by atoms with Crippen molar-refractivity contribution in [2.45, 2.75) is 25.8 Å². The van der Waals surface area contributed by atoms with Crippen molar-refractivity contribution >= 4 is 5.91 Å². The number of nitrogens with one attached hydrogen (secondary N) is 1. The van der Waals surface area contributed by atoms with Crippen molar-refractivity contribution < 1.29 is 9.18 Å². The quantitative estimate of drug-likeness (QED) is 0.883. The summed E-state index contributed by atoms with van der Waals surface area (Å²) < 4.78 is 13.5. The highest BCUT2D eigenvalue weighted by Crippen LogP contribution is 2.14. The van der Waals surface area contributed by atoms with Gasteiger partial charge in [0, 0.05) is 32.6 Å². The number of carbonyl (C=O) groups is 1. The summed E-state index contributed by atoms with van der Waals surface area (Å²) in [4.78, 5) is 13.4. The normalized spacial score (nSPS) is 19.9. The standard InChI is InChI=1S/C14H19FN2O/c1-11(18)17-9-8-16-10-13(17)7-6-12-4-2-3-5-14(12)15/h2-5,13,16H,6-10H2,1H3. The molecule has 0 spiro atoms. The Kier molecular flexibility index (Phi) is 4.31. The van der Waals surface area contributed by atoms with E-state index in [4.69, 9.17) is 0 Å². The van der Waals surface area contributed by atoms with Gasteiger partial charge in [0.05, 0.1) is 0 Å². The number of benzene rings is 1. The zero-order chi connectivity index (χ0) is 13.0. The summed E-state index contributed by atoms with van der Waals surface area (Å²) in [7, 11) is 0. The highest BCUT2D eigenvalue weighted by atomic mass is 19.1. The van der Waals surface area contributed by atoms with Gasteiger partial charge in [0.1, 0.15) is 5.82 Å². The van der Waals surface area contributed by atoms with Crippen LogP contribution >= 0.6 is 0 Å². The molecule has 1 atom stereocenters. The fourth-order valence-corrected chi connectivity index (χ4v) is 2.46. The lowest BCUT2D eigenvalue weighted by Crippen LogP contribution is -2.53. The Balaban J connectivity index is 1.96. The van der Waals surface area contributed by atoms with Crippen molar-refractivity contribution in [3.63, 3.8) is 0 Å². The van der Waals surface area contributed by atoms with E-state index in [9.17, 15) is 9.18 Å². The molecule has 1 unspecified atom stereocenters. The predicted octanol–water partition coefficient (Wildman–Crippen LogP) is 1.58. The average Bonchev–Trinajstić information content (AvgIpc) is 2.38. The molecule has 0 radical (unpaired) electrons. The van der Waals surface area contributed by atoms with Crippen LogP contribution < -0.4 is 5.32 Å². The van der Waals surface area contributed by atoms with Crippen LogP contribution in [0.25, 0.3) is 0 Å². The molecule has 1 N–H and O–H groups in total. The van der Waals surface area contributed by atoms with Crippen molar-refractivity contribution in [3.8, 4) is 0 Å². The minimum atomic E-state index is -0.157. The van der Waals surface area contributed by atoms with E-state index in [1.165, 1.54) is 6.07 Å². The van der Waals surface area contributed by atoms with Gasteiger partial charge < -0.3 is 10.2 Å². The van der Waals surface area contributed by atoms with Gasteiger partial charge in [-0.05, 0) is 24.5 Å². The van der Waals surface area contributed by atoms with Crippen LogP contribution in [0.2, 0.25) is 0 Å². The smallest absolute Gasteiger partial charge is 0.219 e. The second-order valence-electron chi connectivity index (χ2n) is 4.70. The number of hydrogen-bond donors (Lipinski definition) is 1. The van der Waals surface area contributed by atoms with Crippen LogP contribution in [0, 0.1) is 5.82 Å². The summed E-state index contributed by atoms with van der Waals surface area (Å²) in [5.74, 6) is -0.0503. The molecule has 1 amide bonds. The summed E-state index contributed by atoms with van der Waals surface area (Å²) in [6.45, 7) is 3.99. The molecule has 1 heterocycles. The summed E-state index contributed by atoms with van der Waals surface area (Å²) in [5.41, 5.74) is 0.728. The van der Waals surface area contributed by atoms with Gasteiger partial charge in [0.2, 0.25) is 5.91 Å². The van der Waals surface area contributed by atoms with E-state index in [0.29, 0.717) is 6.42 Å². The monoisotopic (exact) mass is 250 g/mol. The van der Waals surface area contributed by atoms with Crippen molar-refractivity contribution in [1.29, 1.82) is 0 Å². The van der Waals surface area contributed by atoms with E-state index in [0.717, 1.165) is 31.6 Å². The third-order valence-corrected chi connectivity index (χ3v) is 3.46. The van der Waals surface area contributed by atoms with Crippen LogP contribution in [0.15, 0.2) is 24.3 Å². The first-order valence-corrected chi connectivity index (χ1v) is 6.40. The molecule has 1 aliphatic heterocycles. The number of rotatable bonds is 3. The summed E-state index contributed by atoms with van der Waals surface area (Å²) >= 11 is 0. The highest BCUT2D eigenvalue weighted by Gasteiger charge is 2.23. The van der Waals surface area contributed by atoms with Crippen LogP contribution in [-0.4, -0.2) is 36.5 Å². The Labute approximate surface area is 107 Å². The van der Waals surface area contributed by atoms with E-state index in [1.54, 1.807) is 13.0 Å². The Bertz CT molecular complexity index is 422. The van der Waals surface area contributed by atoms with Gasteiger partial charge in [0.25, 0.3) is 0 Å². The largest absolute Gasteiger partial charge is 0.337 e. The second-order valence-corrected chi connectivity index (χ2v) is 4.70. The summed E-state index contributed by atoms with van der Waals surface area (Å²) in [6, 6.07) is 7.01. The number of nitrogens with zero attached hydrogens (tertiary/aromatic N) is 1. The topological polar surface area (TPSA) is 32.3 Å². The van der Waals surface area contributed by atoms with Gasteiger partial charge in [-0.2, -0.15) is 0 Å². The lowest BCUT2D eigenvalue weighted by Gasteiger charge is -2.35. The molecule has 1 aliphatic rings. The van der Waals surface area contributed by atoms with Crippen LogP contribution in [0.4, 0.5) is 4.39 Å². The maximum Gasteiger partial charge on any atom is 0.219 e. The fraction of sp³-hybridized carbons (Fsp3) is 0.500. The summed E-state index contributed by atoms with van der Waals surface area (Å²) in [5, 5.41) is 3.28. The first kappa shape index (κ1) is 13.0. The van der Waals surface area contributed by atoms with E-state index in [2.05, 4.69) is 5.32 Å². The molecule has 2 rings (SSSR count). The van der Waals surface area contributed by atoms with Gasteiger partial charge in [-0.25, -0.2) is 4.39 Å². The van der Waals surface area contributed by atoms with Crippen molar-refractivity contribution in [2.24, 2.45) is 0 Å². The molecule has 1 saturated heterocycles. The first-order chi connectivity index (χ1) is 8.68. The van der Waals surface area contributed by atoms with E-state index in [1.807, 2.05) is 17.0 Å². The molecule has 98 valence electrons. The fourth-order valence-electron chi connectivity index (χ4n) is 2.46. The molecule has 0 saturated carbocycles. The number of hydrogen-bond acceptors (Lipinski definition) is 2. The summed E-state index contributed by atoms with van der Waals surface area (Å²) in [6.07, 6.45) is 1.47. The van der Waals surface area contributed by atoms with Crippen molar-refractivity contribution in [3.05, 3.63) is 35.6 Å². The van der Waals surface area contributed by atoms with Crippen LogP contribution in [0.5, 0.6) is 0 Å². The molecule has 4 heteroatoms. The van der Waals surface area contributed by atoms with Gasteiger partial charge >= 0.3 is 0 Å². The molecule has 0 aliphatic carbocycles. The predicted molar refractivity (Wildman–Crippen MR) is 68.8 cm³/mol. The highest BCUT2D eigenvalue weighted by molar-refractivity contribution is 5.73. The average molecular weight is 250 g/mol. The molecular formula is C14H19FN2O. The van der Waals surface area contributed by atoms with E-state index in [-0.39, 0.29) is 17.8 Å². The molecule has 0 bridgehead atoms. The molecule has 18 heavy (non-hydrogen) atoms. The minimum Gasteiger partial charge on any atom is -0.337 e. The number of amides is 1. The molecule has 1 aromatic rings. The zero-order valence-corrected chi connectivity index (χ0v) is 10.7. The van der Waals surface area contributed by atoms with Gasteiger partial charge in [-0.15, -0.1) is 0 Å². The van der Waals surface area contributed by atoms with Crippen LogP contribution in [0.3, 0.4) is 0 Å². The van der Waals surface area contributed by atoms with Gasteiger partial charge in [-0.1, -0.05) is 18.2 Å².